The van der Waals surface area contributed by atoms with E-state index < -0.39 is 0 Å². The van der Waals surface area contributed by atoms with Crippen LogP contribution in [0.25, 0.3) is 0 Å². The SMILES string of the molecule is CCCCNC(=S)NN=C(C)c1ccc2c(c1)OCO2. The van der Waals surface area contributed by atoms with Gasteiger partial charge in [0, 0.05) is 12.1 Å². The van der Waals surface area contributed by atoms with Crippen LogP contribution in [0.4, 0.5) is 0 Å². The Bertz CT molecular complexity index is 517. The molecule has 0 spiro atoms. The fraction of sp³-hybridized carbons (Fsp3) is 0.429. The standard InChI is InChI=1S/C14H19N3O2S/c1-3-4-7-15-14(20)17-16-10(2)11-5-6-12-13(8-11)19-9-18-12/h5-6,8H,3-4,7,9H2,1-2H3,(H2,15,17,20). The summed E-state index contributed by atoms with van der Waals surface area (Å²) in [5.74, 6) is 1.52. The van der Waals surface area contributed by atoms with E-state index in [9.17, 15) is 0 Å². The summed E-state index contributed by atoms with van der Waals surface area (Å²) in [5.41, 5.74) is 4.65. The first-order valence-electron chi connectivity index (χ1n) is 6.69. The molecule has 0 aliphatic carbocycles. The van der Waals surface area contributed by atoms with Gasteiger partial charge in [0.15, 0.2) is 16.6 Å². The zero-order valence-corrected chi connectivity index (χ0v) is 12.5. The van der Waals surface area contributed by atoms with E-state index in [1.807, 2.05) is 25.1 Å². The van der Waals surface area contributed by atoms with E-state index in [0.29, 0.717) is 5.11 Å². The van der Waals surface area contributed by atoms with Gasteiger partial charge in [-0.1, -0.05) is 13.3 Å². The molecule has 1 aromatic carbocycles. The van der Waals surface area contributed by atoms with Crippen LogP contribution >= 0.6 is 12.2 Å². The lowest BCUT2D eigenvalue weighted by atomic mass is 10.1. The highest BCUT2D eigenvalue weighted by Gasteiger charge is 2.13. The molecule has 108 valence electrons. The van der Waals surface area contributed by atoms with Crippen molar-refractivity contribution in [2.24, 2.45) is 5.10 Å². The summed E-state index contributed by atoms with van der Waals surface area (Å²) in [6, 6.07) is 5.74. The van der Waals surface area contributed by atoms with Crippen LogP contribution in [0.1, 0.15) is 32.3 Å². The molecule has 0 bridgehead atoms. The van der Waals surface area contributed by atoms with Crippen LogP contribution < -0.4 is 20.2 Å². The molecule has 1 aliphatic heterocycles. The van der Waals surface area contributed by atoms with E-state index in [1.54, 1.807) is 0 Å². The Labute approximate surface area is 124 Å². The van der Waals surface area contributed by atoms with Crippen LogP contribution in [0, 0.1) is 0 Å². The molecule has 0 radical (unpaired) electrons. The Morgan fingerprint density at radius 3 is 2.95 bits per heavy atom. The lowest BCUT2D eigenvalue weighted by Gasteiger charge is -2.07. The number of rotatable bonds is 5. The summed E-state index contributed by atoms with van der Waals surface area (Å²) in [6.45, 7) is 5.19. The minimum Gasteiger partial charge on any atom is -0.454 e. The van der Waals surface area contributed by atoms with E-state index >= 15 is 0 Å². The van der Waals surface area contributed by atoms with Gasteiger partial charge < -0.3 is 14.8 Å². The number of hydrazone groups is 1. The average molecular weight is 293 g/mol. The van der Waals surface area contributed by atoms with Crippen molar-refractivity contribution in [3.8, 4) is 11.5 Å². The Kier molecular flexibility index (Phi) is 5.17. The largest absolute Gasteiger partial charge is 0.454 e. The van der Waals surface area contributed by atoms with Crippen molar-refractivity contribution in [2.45, 2.75) is 26.7 Å². The maximum Gasteiger partial charge on any atom is 0.231 e. The monoisotopic (exact) mass is 293 g/mol. The third kappa shape index (κ3) is 3.84. The van der Waals surface area contributed by atoms with Crippen LogP contribution in [0.2, 0.25) is 0 Å². The third-order valence-corrected chi connectivity index (χ3v) is 3.17. The van der Waals surface area contributed by atoms with Gasteiger partial charge >= 0.3 is 0 Å². The predicted octanol–water partition coefficient (Wildman–Crippen LogP) is 2.40. The second-order valence-corrected chi connectivity index (χ2v) is 4.89. The van der Waals surface area contributed by atoms with Gasteiger partial charge in [-0.2, -0.15) is 5.10 Å². The molecule has 6 heteroatoms. The van der Waals surface area contributed by atoms with Crippen molar-refractivity contribution >= 4 is 23.0 Å². The topological polar surface area (TPSA) is 54.9 Å². The van der Waals surface area contributed by atoms with E-state index in [1.165, 1.54) is 0 Å². The Hall–Kier alpha value is -1.82. The fourth-order valence-electron chi connectivity index (χ4n) is 1.74. The van der Waals surface area contributed by atoms with Crippen molar-refractivity contribution in [3.05, 3.63) is 23.8 Å². The van der Waals surface area contributed by atoms with Crippen LogP contribution in [-0.4, -0.2) is 24.2 Å². The van der Waals surface area contributed by atoms with Crippen molar-refractivity contribution in [1.82, 2.24) is 10.7 Å². The molecular formula is C14H19N3O2S. The molecule has 0 saturated carbocycles. The fourth-order valence-corrected chi connectivity index (χ4v) is 1.89. The van der Waals surface area contributed by atoms with Crippen LogP contribution in [0.3, 0.4) is 0 Å². The van der Waals surface area contributed by atoms with Gasteiger partial charge in [0.05, 0.1) is 5.71 Å². The van der Waals surface area contributed by atoms with Crippen molar-refractivity contribution in [2.75, 3.05) is 13.3 Å². The number of fused-ring (bicyclic) bond motifs is 1. The normalized spacial score (nSPS) is 13.2. The minimum atomic E-state index is 0.276. The number of hydrogen-bond donors (Lipinski definition) is 2. The van der Waals surface area contributed by atoms with Gasteiger partial charge in [-0.05, 0) is 43.8 Å². The molecule has 1 aromatic rings. The Morgan fingerprint density at radius 2 is 2.15 bits per heavy atom. The molecule has 2 rings (SSSR count). The Morgan fingerprint density at radius 1 is 1.35 bits per heavy atom. The van der Waals surface area contributed by atoms with Gasteiger partial charge in [0.25, 0.3) is 0 Å². The van der Waals surface area contributed by atoms with Gasteiger partial charge in [0.2, 0.25) is 6.79 Å². The lowest BCUT2D eigenvalue weighted by Crippen LogP contribution is -2.33. The molecule has 20 heavy (non-hydrogen) atoms. The maximum atomic E-state index is 5.34. The number of benzene rings is 1. The minimum absolute atomic E-state index is 0.276. The molecule has 0 saturated heterocycles. The summed E-state index contributed by atoms with van der Waals surface area (Å²) in [5, 5.41) is 7.91. The van der Waals surface area contributed by atoms with E-state index in [4.69, 9.17) is 21.7 Å². The van der Waals surface area contributed by atoms with Crippen LogP contribution in [0.5, 0.6) is 11.5 Å². The molecule has 5 nitrogen and oxygen atoms in total. The highest BCUT2D eigenvalue weighted by Crippen LogP contribution is 2.32. The van der Waals surface area contributed by atoms with Gasteiger partial charge in [-0.25, -0.2) is 0 Å². The number of nitrogens with one attached hydrogen (secondary N) is 2. The number of hydrogen-bond acceptors (Lipinski definition) is 4. The first-order chi connectivity index (χ1) is 9.70. The van der Waals surface area contributed by atoms with Crippen molar-refractivity contribution < 1.29 is 9.47 Å². The Balaban J connectivity index is 1.91. The quantitative estimate of drug-likeness (QED) is 0.378. The molecule has 0 fully saturated rings. The van der Waals surface area contributed by atoms with Crippen molar-refractivity contribution in [1.29, 1.82) is 0 Å². The maximum absolute atomic E-state index is 5.34. The predicted molar refractivity (Wildman–Crippen MR) is 83.4 cm³/mol. The number of ether oxygens (including phenoxy) is 2. The second-order valence-electron chi connectivity index (χ2n) is 4.49. The number of thiocarbonyl (C=S) groups is 1. The summed E-state index contributed by atoms with van der Waals surface area (Å²) >= 11 is 5.14. The zero-order valence-electron chi connectivity index (χ0n) is 11.7. The van der Waals surface area contributed by atoms with Crippen molar-refractivity contribution in [3.63, 3.8) is 0 Å². The highest BCUT2D eigenvalue weighted by molar-refractivity contribution is 7.80. The summed E-state index contributed by atoms with van der Waals surface area (Å²) < 4.78 is 10.6. The molecule has 0 aromatic heterocycles. The smallest absolute Gasteiger partial charge is 0.231 e. The lowest BCUT2D eigenvalue weighted by molar-refractivity contribution is 0.174. The molecule has 1 aliphatic rings. The van der Waals surface area contributed by atoms with Gasteiger partial charge in [-0.3, -0.25) is 5.43 Å². The number of unbranched alkanes of at least 4 members (excludes halogenated alkanes) is 1. The second kappa shape index (κ2) is 7.09. The molecular weight excluding hydrogens is 274 g/mol. The van der Waals surface area contributed by atoms with Gasteiger partial charge in [-0.15, -0.1) is 0 Å². The summed E-state index contributed by atoms with van der Waals surface area (Å²) in [6.07, 6.45) is 2.22. The molecule has 1 heterocycles. The molecule has 0 atom stereocenters. The molecule has 0 amide bonds. The van der Waals surface area contributed by atoms with E-state index in [2.05, 4.69) is 22.8 Å². The van der Waals surface area contributed by atoms with Gasteiger partial charge in [0.1, 0.15) is 0 Å². The molecule has 2 N–H and O–H groups in total. The summed E-state index contributed by atoms with van der Waals surface area (Å²) in [4.78, 5) is 0. The zero-order chi connectivity index (χ0) is 14.4. The van der Waals surface area contributed by atoms with Crippen LogP contribution in [0.15, 0.2) is 23.3 Å². The third-order valence-electron chi connectivity index (χ3n) is 2.93. The highest BCUT2D eigenvalue weighted by atomic mass is 32.1. The summed E-state index contributed by atoms with van der Waals surface area (Å²) in [7, 11) is 0. The van der Waals surface area contributed by atoms with E-state index in [-0.39, 0.29) is 6.79 Å². The first-order valence-corrected chi connectivity index (χ1v) is 7.09. The van der Waals surface area contributed by atoms with E-state index in [0.717, 1.165) is 42.2 Å². The van der Waals surface area contributed by atoms with Crippen LogP contribution in [-0.2, 0) is 0 Å². The average Bonchev–Trinajstić information content (AvgIpc) is 2.92. The first kappa shape index (κ1) is 14.6. The number of nitrogens with zero attached hydrogens (tertiary/aromatic N) is 1. The molecule has 0 unspecified atom stereocenters.